The molecule has 2 aromatic rings. The zero-order valence-electron chi connectivity index (χ0n) is 14.4. The number of hydrogen-bond donors (Lipinski definition) is 0. The number of anilines is 1. The molecule has 0 amide bonds. The second-order valence-electron chi connectivity index (χ2n) is 5.15. The van der Waals surface area contributed by atoms with Crippen LogP contribution in [0.1, 0.15) is 42.9 Å². The SMILES string of the molecule is CCc1nnc(COC(=O)c2cc([N+](=O)[O-])ccc2N(CC)CC)o1. The molecule has 0 aliphatic rings. The Labute approximate surface area is 144 Å². The van der Waals surface area contributed by atoms with Gasteiger partial charge >= 0.3 is 5.97 Å². The van der Waals surface area contributed by atoms with Gasteiger partial charge in [-0.2, -0.15) is 0 Å². The van der Waals surface area contributed by atoms with Gasteiger partial charge in [-0.25, -0.2) is 4.79 Å². The van der Waals surface area contributed by atoms with E-state index < -0.39 is 10.9 Å². The predicted octanol–water partition coefficient (Wildman–Crippen LogP) is 2.74. The van der Waals surface area contributed by atoms with Crippen LogP contribution in [0.5, 0.6) is 0 Å². The summed E-state index contributed by atoms with van der Waals surface area (Å²) in [4.78, 5) is 24.9. The van der Waals surface area contributed by atoms with Crippen LogP contribution < -0.4 is 4.90 Å². The zero-order chi connectivity index (χ0) is 18.4. The molecule has 2 rings (SSSR count). The molecular formula is C16H20N4O5. The molecule has 0 saturated heterocycles. The second kappa shape index (κ2) is 8.22. The fraction of sp³-hybridized carbons (Fsp3) is 0.438. The lowest BCUT2D eigenvalue weighted by Crippen LogP contribution is -2.24. The van der Waals surface area contributed by atoms with E-state index in [1.54, 1.807) is 6.07 Å². The normalized spacial score (nSPS) is 10.5. The molecule has 1 aromatic heterocycles. The molecule has 0 spiro atoms. The summed E-state index contributed by atoms with van der Waals surface area (Å²) in [5.41, 5.74) is 0.544. The van der Waals surface area contributed by atoms with Crippen molar-refractivity contribution in [1.82, 2.24) is 10.2 Å². The van der Waals surface area contributed by atoms with E-state index in [2.05, 4.69) is 10.2 Å². The Morgan fingerprint density at radius 2 is 1.92 bits per heavy atom. The number of carbonyl (C=O) groups is 1. The van der Waals surface area contributed by atoms with Gasteiger partial charge in [-0.1, -0.05) is 6.92 Å². The molecule has 0 bridgehead atoms. The number of nitro groups is 1. The zero-order valence-corrected chi connectivity index (χ0v) is 14.4. The summed E-state index contributed by atoms with van der Waals surface area (Å²) in [5.74, 6) is -0.0490. The maximum atomic E-state index is 12.5. The lowest BCUT2D eigenvalue weighted by Gasteiger charge is -2.23. The van der Waals surface area contributed by atoms with E-state index >= 15 is 0 Å². The van der Waals surface area contributed by atoms with Crippen molar-refractivity contribution in [2.24, 2.45) is 0 Å². The van der Waals surface area contributed by atoms with Gasteiger partial charge in [0.1, 0.15) is 0 Å². The number of aromatic nitrogens is 2. The summed E-state index contributed by atoms with van der Waals surface area (Å²) >= 11 is 0. The average Bonchev–Trinajstić information content (AvgIpc) is 3.09. The maximum absolute atomic E-state index is 12.5. The van der Waals surface area contributed by atoms with Gasteiger partial charge < -0.3 is 14.1 Å². The van der Waals surface area contributed by atoms with Crippen molar-refractivity contribution in [1.29, 1.82) is 0 Å². The molecule has 0 saturated carbocycles. The van der Waals surface area contributed by atoms with Crippen molar-refractivity contribution < 1.29 is 18.9 Å². The first-order valence-electron chi connectivity index (χ1n) is 8.01. The van der Waals surface area contributed by atoms with Gasteiger partial charge in [-0.3, -0.25) is 10.1 Å². The van der Waals surface area contributed by atoms with Crippen molar-refractivity contribution in [3.63, 3.8) is 0 Å². The van der Waals surface area contributed by atoms with Crippen molar-refractivity contribution >= 4 is 17.3 Å². The molecule has 1 aromatic carbocycles. The lowest BCUT2D eigenvalue weighted by molar-refractivity contribution is -0.384. The van der Waals surface area contributed by atoms with Crippen molar-refractivity contribution in [2.75, 3.05) is 18.0 Å². The maximum Gasteiger partial charge on any atom is 0.341 e. The minimum Gasteiger partial charge on any atom is -0.452 e. The Bertz CT molecular complexity index is 755. The van der Waals surface area contributed by atoms with E-state index in [-0.39, 0.29) is 23.7 Å². The van der Waals surface area contributed by atoms with E-state index in [1.807, 2.05) is 25.7 Å². The first-order chi connectivity index (χ1) is 12.0. The monoisotopic (exact) mass is 348 g/mol. The molecular weight excluding hydrogens is 328 g/mol. The minimum atomic E-state index is -0.679. The van der Waals surface area contributed by atoms with E-state index in [9.17, 15) is 14.9 Å². The summed E-state index contributed by atoms with van der Waals surface area (Å²) < 4.78 is 10.5. The van der Waals surface area contributed by atoms with Crippen LogP contribution in [0.25, 0.3) is 0 Å². The van der Waals surface area contributed by atoms with E-state index in [4.69, 9.17) is 9.15 Å². The number of nitro benzene ring substituents is 1. The van der Waals surface area contributed by atoms with Gasteiger partial charge in [-0.05, 0) is 19.9 Å². The summed E-state index contributed by atoms with van der Waals surface area (Å²) in [5, 5.41) is 18.6. The Morgan fingerprint density at radius 1 is 1.24 bits per heavy atom. The van der Waals surface area contributed by atoms with Crippen molar-refractivity contribution in [2.45, 2.75) is 33.8 Å². The first-order valence-corrected chi connectivity index (χ1v) is 8.01. The van der Waals surface area contributed by atoms with Gasteiger partial charge in [0.25, 0.3) is 11.6 Å². The number of ether oxygens (including phenoxy) is 1. The molecule has 0 aliphatic carbocycles. The average molecular weight is 348 g/mol. The third kappa shape index (κ3) is 4.31. The van der Waals surface area contributed by atoms with E-state index in [0.29, 0.717) is 31.1 Å². The summed E-state index contributed by atoms with van der Waals surface area (Å²) in [6.45, 7) is 6.85. The van der Waals surface area contributed by atoms with Crippen LogP contribution in [0, 0.1) is 10.1 Å². The van der Waals surface area contributed by atoms with Gasteiger partial charge in [0.15, 0.2) is 6.61 Å². The van der Waals surface area contributed by atoms with Crippen LogP contribution in [0.15, 0.2) is 22.6 Å². The fourth-order valence-electron chi connectivity index (χ4n) is 2.34. The molecule has 9 heteroatoms. The standard InChI is InChI=1S/C16H20N4O5/c1-4-14-17-18-15(25-14)10-24-16(21)12-9-11(20(22)23)7-8-13(12)19(5-2)6-3/h7-9H,4-6,10H2,1-3H3. The number of aryl methyl sites for hydroxylation is 1. The number of esters is 1. The molecule has 134 valence electrons. The van der Waals surface area contributed by atoms with Crippen LogP contribution in [-0.4, -0.2) is 34.2 Å². The fourth-order valence-corrected chi connectivity index (χ4v) is 2.34. The Kier molecular flexibility index (Phi) is 6.04. The first kappa shape index (κ1) is 18.4. The Hall–Kier alpha value is -2.97. The largest absolute Gasteiger partial charge is 0.452 e. The summed E-state index contributed by atoms with van der Waals surface area (Å²) in [6.07, 6.45) is 0.581. The van der Waals surface area contributed by atoms with Gasteiger partial charge in [0, 0.05) is 31.6 Å². The van der Waals surface area contributed by atoms with E-state index in [1.165, 1.54) is 12.1 Å². The number of benzene rings is 1. The van der Waals surface area contributed by atoms with Crippen molar-refractivity contribution in [3.8, 4) is 0 Å². The Balaban J connectivity index is 2.25. The molecule has 0 N–H and O–H groups in total. The number of carbonyl (C=O) groups excluding carboxylic acids is 1. The summed E-state index contributed by atoms with van der Waals surface area (Å²) in [6, 6.07) is 4.15. The molecule has 0 aliphatic heterocycles. The topological polar surface area (TPSA) is 112 Å². The smallest absolute Gasteiger partial charge is 0.341 e. The highest BCUT2D eigenvalue weighted by Gasteiger charge is 2.21. The van der Waals surface area contributed by atoms with Crippen LogP contribution in [0.2, 0.25) is 0 Å². The van der Waals surface area contributed by atoms with Crippen LogP contribution >= 0.6 is 0 Å². The lowest BCUT2D eigenvalue weighted by atomic mass is 10.1. The number of nitrogens with zero attached hydrogens (tertiary/aromatic N) is 4. The third-order valence-electron chi connectivity index (χ3n) is 3.65. The quantitative estimate of drug-likeness (QED) is 0.407. The molecule has 9 nitrogen and oxygen atoms in total. The molecule has 25 heavy (non-hydrogen) atoms. The van der Waals surface area contributed by atoms with Gasteiger partial charge in [0.2, 0.25) is 5.89 Å². The molecule has 0 unspecified atom stereocenters. The summed E-state index contributed by atoms with van der Waals surface area (Å²) in [7, 11) is 0. The third-order valence-corrected chi connectivity index (χ3v) is 3.65. The predicted molar refractivity (Wildman–Crippen MR) is 89.5 cm³/mol. The molecule has 0 fully saturated rings. The molecule has 0 atom stereocenters. The van der Waals surface area contributed by atoms with E-state index in [0.717, 1.165) is 0 Å². The Morgan fingerprint density at radius 3 is 2.48 bits per heavy atom. The van der Waals surface area contributed by atoms with Crippen LogP contribution in [0.4, 0.5) is 11.4 Å². The van der Waals surface area contributed by atoms with Crippen LogP contribution in [0.3, 0.4) is 0 Å². The van der Waals surface area contributed by atoms with Gasteiger partial charge in [0.05, 0.1) is 16.2 Å². The number of non-ortho nitro benzene ring substituents is 1. The second-order valence-corrected chi connectivity index (χ2v) is 5.15. The highest BCUT2D eigenvalue weighted by Crippen LogP contribution is 2.26. The number of rotatable bonds is 8. The van der Waals surface area contributed by atoms with Crippen LogP contribution in [-0.2, 0) is 17.8 Å². The van der Waals surface area contributed by atoms with Gasteiger partial charge in [-0.15, -0.1) is 10.2 Å². The van der Waals surface area contributed by atoms with Crippen molar-refractivity contribution in [3.05, 3.63) is 45.7 Å². The molecule has 0 radical (unpaired) electrons. The minimum absolute atomic E-state index is 0.133. The molecule has 1 heterocycles. The highest BCUT2D eigenvalue weighted by molar-refractivity contribution is 5.96. The number of hydrogen-bond acceptors (Lipinski definition) is 8. The highest BCUT2D eigenvalue weighted by atomic mass is 16.6.